The fourth-order valence-corrected chi connectivity index (χ4v) is 5.67. The van der Waals surface area contributed by atoms with Gasteiger partial charge in [-0.05, 0) is 41.5 Å². The summed E-state index contributed by atoms with van der Waals surface area (Å²) in [5.41, 5.74) is 3.39. The summed E-state index contributed by atoms with van der Waals surface area (Å²) in [4.78, 5) is 37.2. The van der Waals surface area contributed by atoms with E-state index in [1.165, 1.54) is 0 Å². The first-order chi connectivity index (χ1) is 17.0. The van der Waals surface area contributed by atoms with Crippen LogP contribution in [-0.2, 0) is 19.1 Å². The standard InChI is InChI=1S/C27H30N2O6/c30-24(29-27(25(31)32)12-5-6-13-27)23-17(11-14-34-23)15-28-26(33)35-16-22-20-9-3-1-7-18(20)19-8-2-4-10-21(19)22/h1-4,7-10,17,22-23H,5-6,11-16H2,(H,28,33)(H,29,30)(H,31,32). The molecule has 35 heavy (non-hydrogen) atoms. The van der Waals surface area contributed by atoms with Gasteiger partial charge in [0.1, 0.15) is 18.2 Å². The Morgan fingerprint density at radius 2 is 1.63 bits per heavy atom. The summed E-state index contributed by atoms with van der Waals surface area (Å²) in [6.45, 7) is 0.816. The average Bonchev–Trinajstić information content (AvgIpc) is 3.60. The quantitative estimate of drug-likeness (QED) is 0.562. The van der Waals surface area contributed by atoms with Crippen LogP contribution < -0.4 is 10.6 Å². The SMILES string of the molecule is O=C(NCC1CCOC1C(=O)NC1(C(=O)O)CCCC1)OCC1c2ccccc2-c2ccccc21. The summed E-state index contributed by atoms with van der Waals surface area (Å²) < 4.78 is 11.2. The van der Waals surface area contributed by atoms with Crippen LogP contribution in [0.3, 0.4) is 0 Å². The predicted octanol–water partition coefficient (Wildman–Crippen LogP) is 3.44. The number of aliphatic carboxylic acids is 1. The average molecular weight is 479 g/mol. The van der Waals surface area contributed by atoms with Crippen molar-refractivity contribution in [2.75, 3.05) is 19.8 Å². The van der Waals surface area contributed by atoms with Crippen molar-refractivity contribution in [3.05, 3.63) is 59.7 Å². The van der Waals surface area contributed by atoms with E-state index in [0.29, 0.717) is 25.9 Å². The van der Waals surface area contributed by atoms with E-state index in [9.17, 15) is 19.5 Å². The summed E-state index contributed by atoms with van der Waals surface area (Å²) in [6.07, 6.45) is 1.64. The third-order valence-electron chi connectivity index (χ3n) is 7.55. The molecule has 2 aromatic carbocycles. The normalized spacial score (nSPS) is 22.3. The highest BCUT2D eigenvalue weighted by molar-refractivity contribution is 5.89. The second kappa shape index (κ2) is 9.70. The molecule has 1 aliphatic heterocycles. The molecule has 0 bridgehead atoms. The van der Waals surface area contributed by atoms with Gasteiger partial charge in [-0.2, -0.15) is 0 Å². The molecule has 2 aromatic rings. The Morgan fingerprint density at radius 3 is 2.26 bits per heavy atom. The number of carbonyl (C=O) groups is 3. The van der Waals surface area contributed by atoms with E-state index in [0.717, 1.165) is 35.1 Å². The monoisotopic (exact) mass is 478 g/mol. The van der Waals surface area contributed by atoms with Gasteiger partial charge >= 0.3 is 12.1 Å². The summed E-state index contributed by atoms with van der Waals surface area (Å²) in [6, 6.07) is 16.3. The lowest BCUT2D eigenvalue weighted by Crippen LogP contribution is -2.56. The molecule has 2 aliphatic carbocycles. The minimum Gasteiger partial charge on any atom is -0.480 e. The number of benzene rings is 2. The van der Waals surface area contributed by atoms with Gasteiger partial charge in [0.15, 0.2) is 0 Å². The van der Waals surface area contributed by atoms with Crippen molar-refractivity contribution in [1.29, 1.82) is 0 Å². The highest BCUT2D eigenvalue weighted by Gasteiger charge is 2.45. The first-order valence-electron chi connectivity index (χ1n) is 12.2. The lowest BCUT2D eigenvalue weighted by Gasteiger charge is -2.28. The smallest absolute Gasteiger partial charge is 0.407 e. The molecule has 1 saturated carbocycles. The molecule has 2 unspecified atom stereocenters. The zero-order chi connectivity index (χ0) is 24.4. The van der Waals surface area contributed by atoms with Gasteiger partial charge in [0.2, 0.25) is 5.91 Å². The topological polar surface area (TPSA) is 114 Å². The molecule has 0 spiro atoms. The minimum absolute atomic E-state index is 0.0277. The van der Waals surface area contributed by atoms with Crippen LogP contribution >= 0.6 is 0 Å². The second-order valence-corrected chi connectivity index (χ2v) is 9.63. The predicted molar refractivity (Wildman–Crippen MR) is 128 cm³/mol. The molecule has 2 atom stereocenters. The van der Waals surface area contributed by atoms with Gasteiger partial charge < -0.3 is 25.2 Å². The molecule has 1 saturated heterocycles. The van der Waals surface area contributed by atoms with E-state index in [1.807, 2.05) is 24.3 Å². The number of hydrogen-bond donors (Lipinski definition) is 3. The molecule has 2 fully saturated rings. The van der Waals surface area contributed by atoms with Crippen LogP contribution in [0.2, 0.25) is 0 Å². The van der Waals surface area contributed by atoms with E-state index in [1.54, 1.807) is 0 Å². The fourth-order valence-electron chi connectivity index (χ4n) is 5.67. The van der Waals surface area contributed by atoms with Crippen LogP contribution in [0.5, 0.6) is 0 Å². The van der Waals surface area contributed by atoms with Gasteiger partial charge in [-0.1, -0.05) is 61.4 Å². The third kappa shape index (κ3) is 4.50. The maximum absolute atomic E-state index is 12.9. The van der Waals surface area contributed by atoms with E-state index in [2.05, 4.69) is 34.9 Å². The van der Waals surface area contributed by atoms with Crippen LogP contribution in [0.25, 0.3) is 11.1 Å². The van der Waals surface area contributed by atoms with Gasteiger partial charge in [-0.15, -0.1) is 0 Å². The van der Waals surface area contributed by atoms with Crippen LogP contribution in [0.4, 0.5) is 4.79 Å². The lowest BCUT2D eigenvalue weighted by molar-refractivity contribution is -0.149. The van der Waals surface area contributed by atoms with Crippen LogP contribution in [0.15, 0.2) is 48.5 Å². The number of ether oxygens (including phenoxy) is 2. The van der Waals surface area contributed by atoms with Crippen LogP contribution in [0.1, 0.15) is 49.1 Å². The maximum atomic E-state index is 12.9. The van der Waals surface area contributed by atoms with Gasteiger partial charge in [0.05, 0.1) is 0 Å². The maximum Gasteiger partial charge on any atom is 0.407 e. The summed E-state index contributed by atoms with van der Waals surface area (Å²) in [5.74, 6) is -1.70. The Kier molecular flexibility index (Phi) is 6.47. The Hall–Kier alpha value is -3.39. The molecule has 5 rings (SSSR count). The Bertz CT molecular complexity index is 1080. The summed E-state index contributed by atoms with van der Waals surface area (Å²) in [7, 11) is 0. The van der Waals surface area contributed by atoms with E-state index < -0.39 is 29.6 Å². The van der Waals surface area contributed by atoms with E-state index in [-0.39, 0.29) is 25.0 Å². The Balaban J connectivity index is 1.16. The summed E-state index contributed by atoms with van der Waals surface area (Å²) >= 11 is 0. The minimum atomic E-state index is -1.21. The number of fused-ring (bicyclic) bond motifs is 3. The zero-order valence-electron chi connectivity index (χ0n) is 19.5. The lowest BCUT2D eigenvalue weighted by atomic mass is 9.95. The van der Waals surface area contributed by atoms with E-state index in [4.69, 9.17) is 9.47 Å². The van der Waals surface area contributed by atoms with Crippen molar-refractivity contribution in [1.82, 2.24) is 10.6 Å². The molecular weight excluding hydrogens is 448 g/mol. The van der Waals surface area contributed by atoms with Crippen molar-refractivity contribution < 1.29 is 29.0 Å². The van der Waals surface area contributed by atoms with E-state index >= 15 is 0 Å². The molecule has 2 amide bonds. The molecule has 8 nitrogen and oxygen atoms in total. The fraction of sp³-hybridized carbons (Fsp3) is 0.444. The highest BCUT2D eigenvalue weighted by atomic mass is 16.5. The Labute approximate surface area is 204 Å². The van der Waals surface area contributed by atoms with Crippen molar-refractivity contribution in [3.63, 3.8) is 0 Å². The first kappa shape index (κ1) is 23.4. The molecule has 3 aliphatic rings. The Morgan fingerprint density at radius 1 is 1.00 bits per heavy atom. The molecule has 1 heterocycles. The first-order valence-corrected chi connectivity index (χ1v) is 12.2. The summed E-state index contributed by atoms with van der Waals surface area (Å²) in [5, 5.41) is 15.1. The molecular formula is C27H30N2O6. The number of hydrogen-bond acceptors (Lipinski definition) is 5. The second-order valence-electron chi connectivity index (χ2n) is 9.63. The van der Waals surface area contributed by atoms with Crippen LogP contribution in [-0.4, -0.2) is 54.5 Å². The number of amides is 2. The third-order valence-corrected chi connectivity index (χ3v) is 7.55. The van der Waals surface area contributed by atoms with Gasteiger partial charge in [0, 0.05) is 25.0 Å². The van der Waals surface area contributed by atoms with Crippen molar-refractivity contribution in [3.8, 4) is 11.1 Å². The largest absolute Gasteiger partial charge is 0.480 e. The van der Waals surface area contributed by atoms with Gasteiger partial charge in [0.25, 0.3) is 0 Å². The molecule has 3 N–H and O–H groups in total. The number of alkyl carbamates (subject to hydrolysis) is 1. The van der Waals surface area contributed by atoms with Gasteiger partial charge in [-0.25, -0.2) is 9.59 Å². The number of nitrogens with one attached hydrogen (secondary N) is 2. The van der Waals surface area contributed by atoms with Crippen molar-refractivity contribution in [2.24, 2.45) is 5.92 Å². The number of carbonyl (C=O) groups excluding carboxylic acids is 2. The molecule has 0 aromatic heterocycles. The zero-order valence-corrected chi connectivity index (χ0v) is 19.5. The highest BCUT2D eigenvalue weighted by Crippen LogP contribution is 2.44. The molecule has 8 heteroatoms. The number of carboxylic acids is 1. The number of rotatable bonds is 7. The van der Waals surface area contributed by atoms with Crippen molar-refractivity contribution in [2.45, 2.75) is 49.7 Å². The van der Waals surface area contributed by atoms with Crippen molar-refractivity contribution >= 4 is 18.0 Å². The van der Waals surface area contributed by atoms with Crippen LogP contribution in [0, 0.1) is 5.92 Å². The number of carboxylic acid groups (broad SMARTS) is 1. The molecule has 0 radical (unpaired) electrons. The molecule has 184 valence electrons. The van der Waals surface area contributed by atoms with Gasteiger partial charge in [-0.3, -0.25) is 4.79 Å².